The van der Waals surface area contributed by atoms with Crippen molar-refractivity contribution in [2.45, 2.75) is 12.5 Å². The summed E-state index contributed by atoms with van der Waals surface area (Å²) in [5.74, 6) is -2.61. The van der Waals surface area contributed by atoms with Crippen LogP contribution in [0.1, 0.15) is 16.1 Å². The third-order valence-electron chi connectivity index (χ3n) is 4.65. The number of hydrogen-bond acceptors (Lipinski definition) is 6. The predicted octanol–water partition coefficient (Wildman–Crippen LogP) is 1.41. The number of nitrogens with two attached hydrogens (primary N) is 1. The molecule has 0 saturated carbocycles. The van der Waals surface area contributed by atoms with Gasteiger partial charge in [-0.1, -0.05) is 18.2 Å². The van der Waals surface area contributed by atoms with Crippen LogP contribution in [0.15, 0.2) is 72.0 Å². The van der Waals surface area contributed by atoms with Crippen LogP contribution in [0.2, 0.25) is 0 Å². The minimum absolute atomic E-state index is 0.0472. The molecule has 0 bridgehead atoms. The van der Waals surface area contributed by atoms with Crippen molar-refractivity contribution in [2.24, 2.45) is 5.73 Å². The Morgan fingerprint density at radius 2 is 1.93 bits per heavy atom. The molecule has 1 unspecified atom stereocenters. The maximum atomic E-state index is 12.9. The molecule has 150 valence electrons. The van der Waals surface area contributed by atoms with Crippen molar-refractivity contribution >= 4 is 28.6 Å². The Bertz CT molecular complexity index is 1230. The number of para-hydroxylation sites is 1. The summed E-state index contributed by atoms with van der Waals surface area (Å²) >= 11 is 0. The smallest absolute Gasteiger partial charge is 0.287 e. The summed E-state index contributed by atoms with van der Waals surface area (Å²) in [4.78, 5) is 44.9. The standard InChI is InChI=1S/C21H17N5O4/c22-20(28)19(27)16(8-13-11-30-18-6-2-1-5-15(13)18)25-21(29)17-10-24-12-26(17)14-4-3-7-23-9-14/h1-7,9-12,16H,8H2,(H2,22,28)(H,25,29). The number of ketones is 1. The third kappa shape index (κ3) is 3.68. The van der Waals surface area contributed by atoms with E-state index in [9.17, 15) is 14.4 Å². The number of pyridine rings is 1. The average molecular weight is 403 g/mol. The molecule has 3 heterocycles. The third-order valence-corrected chi connectivity index (χ3v) is 4.65. The van der Waals surface area contributed by atoms with E-state index in [1.807, 2.05) is 18.2 Å². The van der Waals surface area contributed by atoms with Crippen LogP contribution in [-0.4, -0.2) is 38.2 Å². The summed E-state index contributed by atoms with van der Waals surface area (Å²) in [6, 6.07) is 9.59. The topological polar surface area (TPSA) is 133 Å². The Kier molecular flexibility index (Phi) is 5.08. The molecule has 0 spiro atoms. The van der Waals surface area contributed by atoms with Crippen molar-refractivity contribution in [3.8, 4) is 5.69 Å². The molecule has 30 heavy (non-hydrogen) atoms. The van der Waals surface area contributed by atoms with Gasteiger partial charge < -0.3 is 15.5 Å². The highest BCUT2D eigenvalue weighted by atomic mass is 16.3. The van der Waals surface area contributed by atoms with Crippen LogP contribution in [0.4, 0.5) is 0 Å². The van der Waals surface area contributed by atoms with E-state index in [4.69, 9.17) is 10.2 Å². The Morgan fingerprint density at radius 3 is 2.70 bits per heavy atom. The average Bonchev–Trinajstić information content (AvgIpc) is 3.41. The van der Waals surface area contributed by atoms with Gasteiger partial charge in [0.25, 0.3) is 11.8 Å². The van der Waals surface area contributed by atoms with Gasteiger partial charge in [-0.15, -0.1) is 0 Å². The Labute approximate surface area is 170 Å². The van der Waals surface area contributed by atoms with Crippen LogP contribution in [0.5, 0.6) is 0 Å². The molecule has 0 aliphatic heterocycles. The molecule has 1 atom stereocenters. The fourth-order valence-electron chi connectivity index (χ4n) is 3.19. The fourth-order valence-corrected chi connectivity index (χ4v) is 3.19. The summed E-state index contributed by atoms with van der Waals surface area (Å²) in [6.07, 6.45) is 7.55. The number of Topliss-reactive ketones (excluding diaryl/α,β-unsaturated/α-hetero) is 1. The van der Waals surface area contributed by atoms with Crippen LogP contribution in [0.3, 0.4) is 0 Å². The molecular formula is C21H17N5O4. The summed E-state index contributed by atoms with van der Waals surface area (Å²) in [5.41, 5.74) is 7.32. The zero-order valence-corrected chi connectivity index (χ0v) is 15.7. The van der Waals surface area contributed by atoms with E-state index in [1.165, 1.54) is 23.4 Å². The van der Waals surface area contributed by atoms with Gasteiger partial charge in [-0.3, -0.25) is 23.9 Å². The Balaban J connectivity index is 1.62. The lowest BCUT2D eigenvalue weighted by Gasteiger charge is -2.16. The molecular weight excluding hydrogens is 386 g/mol. The number of carbonyl (C=O) groups excluding carboxylic acids is 3. The number of aromatic nitrogens is 3. The fraction of sp³-hybridized carbons (Fsp3) is 0.0952. The predicted molar refractivity (Wildman–Crippen MR) is 107 cm³/mol. The Hall–Kier alpha value is -4.27. The molecule has 0 aliphatic rings. The highest BCUT2D eigenvalue weighted by Crippen LogP contribution is 2.22. The minimum atomic E-state index is -1.16. The maximum Gasteiger partial charge on any atom is 0.287 e. The van der Waals surface area contributed by atoms with Gasteiger partial charge in [0.1, 0.15) is 17.3 Å². The second-order valence-electron chi connectivity index (χ2n) is 6.58. The number of nitrogens with one attached hydrogen (secondary N) is 1. The van der Waals surface area contributed by atoms with Crippen molar-refractivity contribution in [1.29, 1.82) is 0 Å². The van der Waals surface area contributed by atoms with Crippen LogP contribution >= 0.6 is 0 Å². The first-order chi connectivity index (χ1) is 14.5. The molecule has 0 saturated heterocycles. The number of fused-ring (bicyclic) bond motifs is 1. The van der Waals surface area contributed by atoms with E-state index in [0.717, 1.165) is 5.39 Å². The SMILES string of the molecule is NC(=O)C(=O)C(Cc1coc2ccccc12)NC(=O)c1cncn1-c1cccnc1. The second kappa shape index (κ2) is 8.00. The molecule has 2 amide bonds. The van der Waals surface area contributed by atoms with Gasteiger partial charge in [-0.05, 0) is 18.2 Å². The summed E-state index contributed by atoms with van der Waals surface area (Å²) in [6.45, 7) is 0. The molecule has 9 nitrogen and oxygen atoms in total. The first-order valence-corrected chi connectivity index (χ1v) is 9.07. The summed E-state index contributed by atoms with van der Waals surface area (Å²) in [5, 5.41) is 3.39. The lowest BCUT2D eigenvalue weighted by Crippen LogP contribution is -2.47. The number of primary amides is 1. The van der Waals surface area contributed by atoms with Crippen LogP contribution in [0, 0.1) is 0 Å². The normalized spacial score (nSPS) is 11.9. The monoisotopic (exact) mass is 403 g/mol. The molecule has 0 radical (unpaired) electrons. The van der Waals surface area contributed by atoms with Gasteiger partial charge >= 0.3 is 0 Å². The zero-order valence-electron chi connectivity index (χ0n) is 15.7. The first kappa shape index (κ1) is 19.1. The van der Waals surface area contributed by atoms with E-state index in [2.05, 4.69) is 15.3 Å². The molecule has 9 heteroatoms. The quantitative estimate of drug-likeness (QED) is 0.448. The maximum absolute atomic E-state index is 12.9. The van der Waals surface area contributed by atoms with Gasteiger partial charge in [0.15, 0.2) is 0 Å². The molecule has 3 N–H and O–H groups in total. The summed E-state index contributed by atoms with van der Waals surface area (Å²) in [7, 11) is 0. The minimum Gasteiger partial charge on any atom is -0.464 e. The first-order valence-electron chi connectivity index (χ1n) is 9.07. The highest BCUT2D eigenvalue weighted by molar-refractivity contribution is 6.38. The lowest BCUT2D eigenvalue weighted by molar-refractivity contribution is -0.137. The number of imidazole rings is 1. The molecule has 3 aromatic heterocycles. The molecule has 1 aromatic carbocycles. The van der Waals surface area contributed by atoms with Crippen molar-refractivity contribution in [3.63, 3.8) is 0 Å². The second-order valence-corrected chi connectivity index (χ2v) is 6.58. The number of hydrogen-bond donors (Lipinski definition) is 2. The molecule has 4 aromatic rings. The number of rotatable bonds is 7. The number of amides is 2. The molecule has 4 rings (SSSR count). The summed E-state index contributed by atoms with van der Waals surface area (Å²) < 4.78 is 7.01. The lowest BCUT2D eigenvalue weighted by atomic mass is 10.0. The van der Waals surface area contributed by atoms with Gasteiger partial charge in [0.05, 0.1) is 30.7 Å². The van der Waals surface area contributed by atoms with Gasteiger partial charge in [0, 0.05) is 23.6 Å². The van der Waals surface area contributed by atoms with E-state index in [1.54, 1.807) is 30.6 Å². The molecule has 0 aliphatic carbocycles. The van der Waals surface area contributed by atoms with E-state index < -0.39 is 23.6 Å². The van der Waals surface area contributed by atoms with Crippen molar-refractivity contribution < 1.29 is 18.8 Å². The van der Waals surface area contributed by atoms with Crippen molar-refractivity contribution in [1.82, 2.24) is 19.9 Å². The van der Waals surface area contributed by atoms with Crippen molar-refractivity contribution in [2.75, 3.05) is 0 Å². The van der Waals surface area contributed by atoms with Gasteiger partial charge in [-0.25, -0.2) is 4.98 Å². The Morgan fingerprint density at radius 1 is 1.10 bits per heavy atom. The highest BCUT2D eigenvalue weighted by Gasteiger charge is 2.28. The van der Waals surface area contributed by atoms with E-state index in [-0.39, 0.29) is 12.1 Å². The van der Waals surface area contributed by atoms with Crippen LogP contribution < -0.4 is 11.1 Å². The van der Waals surface area contributed by atoms with Crippen LogP contribution in [-0.2, 0) is 16.0 Å². The molecule has 0 fully saturated rings. The number of benzene rings is 1. The van der Waals surface area contributed by atoms with E-state index >= 15 is 0 Å². The largest absolute Gasteiger partial charge is 0.464 e. The number of furan rings is 1. The zero-order chi connectivity index (χ0) is 21.1. The van der Waals surface area contributed by atoms with Crippen molar-refractivity contribution in [3.05, 3.63) is 78.8 Å². The van der Waals surface area contributed by atoms with E-state index in [0.29, 0.717) is 16.8 Å². The van der Waals surface area contributed by atoms with Crippen LogP contribution in [0.25, 0.3) is 16.7 Å². The number of nitrogens with zero attached hydrogens (tertiary/aromatic N) is 3. The number of carbonyl (C=O) groups is 3. The van der Waals surface area contributed by atoms with Gasteiger partial charge in [-0.2, -0.15) is 0 Å². The van der Waals surface area contributed by atoms with Gasteiger partial charge in [0.2, 0.25) is 5.78 Å².